The minimum Gasteiger partial charge on any atom is -0.423 e. The summed E-state index contributed by atoms with van der Waals surface area (Å²) in [7, 11) is 0. The monoisotopic (exact) mass is 962 g/mol. The van der Waals surface area contributed by atoms with Gasteiger partial charge in [0.2, 0.25) is 0 Å². The Morgan fingerprint density at radius 3 is 1.01 bits per heavy atom. The zero-order valence-corrected chi connectivity index (χ0v) is 42.2. The summed E-state index contributed by atoms with van der Waals surface area (Å²) in [5.41, 5.74) is 9.29. The van der Waals surface area contributed by atoms with Crippen molar-refractivity contribution in [1.29, 1.82) is 0 Å². The largest absolute Gasteiger partial charge is 0.423 e. The van der Waals surface area contributed by atoms with E-state index in [0.717, 1.165) is 35.1 Å². The van der Waals surface area contributed by atoms with E-state index in [-0.39, 0.29) is 34.1 Å². The maximum atomic E-state index is 13.3. The molecule has 0 amide bonds. The highest BCUT2D eigenvalue weighted by Gasteiger charge is 2.18. The van der Waals surface area contributed by atoms with Crippen molar-refractivity contribution in [2.24, 2.45) is 0 Å². The summed E-state index contributed by atoms with van der Waals surface area (Å²) in [4.78, 5) is 52.8. The molecule has 72 heavy (non-hydrogen) atoms. The van der Waals surface area contributed by atoms with Gasteiger partial charge in [0, 0.05) is 6.07 Å². The zero-order chi connectivity index (χ0) is 50.7. The third-order valence-corrected chi connectivity index (χ3v) is 12.9. The minimum atomic E-state index is -0.638. The molecule has 0 saturated heterocycles. The summed E-state index contributed by atoms with van der Waals surface area (Å²) in [6.07, 6.45) is 17.5. The van der Waals surface area contributed by atoms with Gasteiger partial charge >= 0.3 is 23.9 Å². The number of hydrogen-bond donors (Lipinski definition) is 0. The molecule has 0 aliphatic rings. The number of benzene rings is 7. The van der Waals surface area contributed by atoms with Crippen molar-refractivity contribution in [3.8, 4) is 45.3 Å². The highest BCUT2D eigenvalue weighted by atomic mass is 16.6. The number of ether oxygens (including phenoxy) is 4. The lowest BCUT2D eigenvalue weighted by Crippen LogP contribution is -2.13. The van der Waals surface area contributed by atoms with Crippen LogP contribution in [0.3, 0.4) is 0 Å². The SMILES string of the molecule is CCCCCCCCc1ccc(-c2ccc(C(=O)Oc3ccc(C(=O)Oc4cccc(OC(=O)c5ccc(OC(=O)c6ccc(-c7ccc(CCCCCCCC)cc7)cc6)cc5C)c4)c(C)c3)cc2)cc1. The molecule has 0 unspecified atom stereocenters. The number of hydrogen-bond acceptors (Lipinski definition) is 8. The van der Waals surface area contributed by atoms with E-state index in [1.54, 1.807) is 92.7 Å². The third kappa shape index (κ3) is 15.2. The molecule has 8 heteroatoms. The summed E-state index contributed by atoms with van der Waals surface area (Å²) in [5.74, 6) is -1.41. The van der Waals surface area contributed by atoms with E-state index in [0.29, 0.717) is 22.3 Å². The topological polar surface area (TPSA) is 105 Å². The maximum Gasteiger partial charge on any atom is 0.343 e. The number of esters is 4. The van der Waals surface area contributed by atoms with Gasteiger partial charge in [0.05, 0.1) is 22.3 Å². The molecule has 0 aromatic heterocycles. The minimum absolute atomic E-state index is 0.163. The second kappa shape index (κ2) is 26.6. The van der Waals surface area contributed by atoms with Crippen LogP contribution in [0, 0.1) is 13.8 Å². The van der Waals surface area contributed by atoms with Crippen molar-refractivity contribution < 1.29 is 38.1 Å². The summed E-state index contributed by atoms with van der Waals surface area (Å²) in [5, 5.41) is 0. The maximum absolute atomic E-state index is 13.3. The first-order valence-corrected chi connectivity index (χ1v) is 25.7. The van der Waals surface area contributed by atoms with Crippen LogP contribution in [0.5, 0.6) is 23.0 Å². The molecule has 0 bridgehead atoms. The predicted octanol–water partition coefficient (Wildman–Crippen LogP) is 16.3. The van der Waals surface area contributed by atoms with E-state index >= 15 is 0 Å². The van der Waals surface area contributed by atoms with Crippen LogP contribution in [0.1, 0.15) is 155 Å². The Balaban J connectivity index is 0.865. The van der Waals surface area contributed by atoms with Gasteiger partial charge in [-0.2, -0.15) is 0 Å². The summed E-state index contributed by atoms with van der Waals surface area (Å²) in [6, 6.07) is 47.5. The quantitative estimate of drug-likeness (QED) is 0.0335. The Hall–Kier alpha value is -7.58. The molecule has 0 saturated carbocycles. The van der Waals surface area contributed by atoms with Crippen LogP contribution in [0.25, 0.3) is 22.3 Å². The van der Waals surface area contributed by atoms with Gasteiger partial charge in [-0.25, -0.2) is 19.2 Å². The molecular weight excluding hydrogens is 897 g/mol. The highest BCUT2D eigenvalue weighted by Crippen LogP contribution is 2.28. The second-order valence-corrected chi connectivity index (χ2v) is 18.6. The van der Waals surface area contributed by atoms with Gasteiger partial charge in [-0.3, -0.25) is 0 Å². The lowest BCUT2D eigenvalue weighted by molar-refractivity contribution is 0.0722. The molecule has 370 valence electrons. The predicted molar refractivity (Wildman–Crippen MR) is 287 cm³/mol. The Kier molecular flexibility index (Phi) is 19.3. The zero-order valence-electron chi connectivity index (χ0n) is 42.2. The fourth-order valence-corrected chi connectivity index (χ4v) is 8.66. The number of carbonyl (C=O) groups excluding carboxylic acids is 4. The Morgan fingerprint density at radius 2 is 0.653 bits per heavy atom. The van der Waals surface area contributed by atoms with Gasteiger partial charge in [0.15, 0.2) is 0 Å². The summed E-state index contributed by atoms with van der Waals surface area (Å²) < 4.78 is 22.7. The van der Waals surface area contributed by atoms with Crippen molar-refractivity contribution in [1.82, 2.24) is 0 Å². The fourth-order valence-electron chi connectivity index (χ4n) is 8.66. The Bertz CT molecular complexity index is 2700. The van der Waals surface area contributed by atoms with Gasteiger partial charge < -0.3 is 18.9 Å². The van der Waals surface area contributed by atoms with E-state index in [4.69, 9.17) is 18.9 Å². The van der Waals surface area contributed by atoms with Gasteiger partial charge in [-0.05, 0) is 157 Å². The van der Waals surface area contributed by atoms with Crippen molar-refractivity contribution in [2.75, 3.05) is 0 Å². The third-order valence-electron chi connectivity index (χ3n) is 12.9. The average Bonchev–Trinajstić information content (AvgIpc) is 3.39. The molecule has 0 heterocycles. The number of rotatable bonds is 24. The van der Waals surface area contributed by atoms with Crippen molar-refractivity contribution in [2.45, 2.75) is 118 Å². The van der Waals surface area contributed by atoms with E-state index in [2.05, 4.69) is 62.4 Å². The van der Waals surface area contributed by atoms with Crippen molar-refractivity contribution in [3.63, 3.8) is 0 Å². The van der Waals surface area contributed by atoms with Crippen LogP contribution in [0.15, 0.2) is 158 Å². The number of aryl methyl sites for hydroxylation is 4. The van der Waals surface area contributed by atoms with Crippen molar-refractivity contribution in [3.05, 3.63) is 202 Å². The molecule has 0 spiro atoms. The standard InChI is InChI=1S/C64H66O8/c1-5-7-9-11-13-15-18-47-22-26-49(27-23-47)51-30-34-53(35-31-51)61(65)69-57-38-40-59(45(3)42-57)63(67)71-55-20-17-21-56(44-55)72-64(68)60-41-39-58(43-46(60)4)70-62(66)54-36-32-52(33-37-54)50-28-24-48(25-29-50)19-16-14-12-10-8-6-2/h17,20-44H,5-16,18-19H2,1-4H3. The first-order valence-electron chi connectivity index (χ1n) is 25.7. The van der Waals surface area contributed by atoms with Crippen molar-refractivity contribution >= 4 is 23.9 Å². The molecule has 0 atom stereocenters. The van der Waals surface area contributed by atoms with Gasteiger partial charge in [0.25, 0.3) is 0 Å². The van der Waals surface area contributed by atoms with Crippen LogP contribution in [0.4, 0.5) is 0 Å². The first-order chi connectivity index (χ1) is 35.1. The van der Waals surface area contributed by atoms with Crippen LogP contribution in [-0.4, -0.2) is 23.9 Å². The molecule has 7 aromatic carbocycles. The smallest absolute Gasteiger partial charge is 0.343 e. The van der Waals surface area contributed by atoms with E-state index < -0.39 is 23.9 Å². The molecule has 0 aliphatic heterocycles. The second-order valence-electron chi connectivity index (χ2n) is 18.6. The molecule has 8 nitrogen and oxygen atoms in total. The average molecular weight is 963 g/mol. The highest BCUT2D eigenvalue weighted by molar-refractivity contribution is 5.95. The first kappa shape index (κ1) is 52.2. The molecular formula is C64H66O8. The normalized spacial score (nSPS) is 10.9. The van der Waals surface area contributed by atoms with E-state index in [1.165, 1.54) is 94.2 Å². The molecule has 0 fully saturated rings. The fraction of sp³-hybridized carbons (Fsp3) is 0.281. The molecule has 0 radical (unpaired) electrons. The lowest BCUT2D eigenvalue weighted by Gasteiger charge is -2.11. The molecule has 7 aromatic rings. The van der Waals surface area contributed by atoms with E-state index in [1.807, 2.05) is 24.3 Å². The Labute approximate surface area is 425 Å². The van der Waals surface area contributed by atoms with Crippen LogP contribution < -0.4 is 18.9 Å². The number of unbranched alkanes of at least 4 members (excludes halogenated alkanes) is 10. The Morgan fingerprint density at radius 1 is 0.333 bits per heavy atom. The number of carbonyl (C=O) groups is 4. The molecule has 0 N–H and O–H groups in total. The summed E-state index contributed by atoms with van der Waals surface area (Å²) in [6.45, 7) is 7.93. The van der Waals surface area contributed by atoms with E-state index in [9.17, 15) is 19.2 Å². The van der Waals surface area contributed by atoms with Gasteiger partial charge in [0.1, 0.15) is 23.0 Å². The molecule has 0 aliphatic carbocycles. The lowest BCUT2D eigenvalue weighted by atomic mass is 10.00. The van der Waals surface area contributed by atoms with Gasteiger partial charge in [-0.1, -0.05) is 157 Å². The van der Waals surface area contributed by atoms with Crippen LogP contribution >= 0.6 is 0 Å². The summed E-state index contributed by atoms with van der Waals surface area (Å²) >= 11 is 0. The van der Waals surface area contributed by atoms with Gasteiger partial charge in [-0.15, -0.1) is 0 Å². The molecule has 7 rings (SSSR count). The van der Waals surface area contributed by atoms with Crippen LogP contribution in [0.2, 0.25) is 0 Å². The van der Waals surface area contributed by atoms with Crippen LogP contribution in [-0.2, 0) is 12.8 Å².